The molecule has 1 saturated carbocycles. The Kier molecular flexibility index (Phi) is 3.22. The highest BCUT2D eigenvalue weighted by molar-refractivity contribution is 6.00. The van der Waals surface area contributed by atoms with Crippen molar-refractivity contribution in [2.45, 2.75) is 25.8 Å². The Balaban J connectivity index is 2.36. The van der Waals surface area contributed by atoms with Gasteiger partial charge in [0.1, 0.15) is 5.69 Å². The van der Waals surface area contributed by atoms with Gasteiger partial charge in [0.25, 0.3) is 0 Å². The summed E-state index contributed by atoms with van der Waals surface area (Å²) in [6, 6.07) is 0. The van der Waals surface area contributed by atoms with Crippen LogP contribution in [0.15, 0.2) is 0 Å². The van der Waals surface area contributed by atoms with Crippen LogP contribution in [0.4, 0.5) is 5.69 Å². The van der Waals surface area contributed by atoms with Crippen LogP contribution in [0, 0.1) is 5.92 Å². The van der Waals surface area contributed by atoms with E-state index < -0.39 is 11.9 Å². The summed E-state index contributed by atoms with van der Waals surface area (Å²) in [6.45, 7) is 0.475. The summed E-state index contributed by atoms with van der Waals surface area (Å²) in [5.74, 6) is -1.50. The van der Waals surface area contributed by atoms with Gasteiger partial charge in [0.15, 0.2) is 11.4 Å². The molecule has 2 rings (SSSR count). The smallest absolute Gasteiger partial charge is 0.360 e. The van der Waals surface area contributed by atoms with Crippen molar-refractivity contribution in [2.24, 2.45) is 5.92 Å². The lowest BCUT2D eigenvalue weighted by Crippen LogP contribution is -2.22. The van der Waals surface area contributed by atoms with Gasteiger partial charge < -0.3 is 15.6 Å². The molecule has 98 valence electrons. The average Bonchev–Trinajstić information content (AvgIpc) is 2.60. The average molecular weight is 253 g/mol. The fourth-order valence-electron chi connectivity index (χ4n) is 2.00. The van der Waals surface area contributed by atoms with E-state index >= 15 is 0 Å². The number of nitrogens with two attached hydrogens (primary N) is 1. The molecule has 1 aromatic heterocycles. The van der Waals surface area contributed by atoms with Crippen molar-refractivity contribution >= 4 is 17.6 Å². The summed E-state index contributed by atoms with van der Waals surface area (Å²) >= 11 is 0. The number of carboxylic acid groups (broad SMARTS) is 1. The van der Waals surface area contributed by atoms with E-state index in [1.807, 2.05) is 0 Å². The van der Waals surface area contributed by atoms with Crippen molar-refractivity contribution in [3.8, 4) is 0 Å². The Labute approximate surface area is 104 Å². The molecule has 1 heterocycles. The predicted molar refractivity (Wildman–Crippen MR) is 62.3 cm³/mol. The summed E-state index contributed by atoms with van der Waals surface area (Å²) in [7, 11) is 1.20. The van der Waals surface area contributed by atoms with Crippen molar-refractivity contribution in [1.29, 1.82) is 0 Å². The molecular formula is C11H15N3O4. The fourth-order valence-corrected chi connectivity index (χ4v) is 2.00. The molecule has 1 aromatic rings. The number of rotatable bonds is 4. The lowest BCUT2D eigenvalue weighted by molar-refractivity contribution is 0.0592. The van der Waals surface area contributed by atoms with E-state index in [0.29, 0.717) is 12.5 Å². The van der Waals surface area contributed by atoms with E-state index in [-0.39, 0.29) is 17.1 Å². The number of esters is 1. The number of hydrogen-bond acceptors (Lipinski definition) is 5. The van der Waals surface area contributed by atoms with Crippen LogP contribution in [0.3, 0.4) is 0 Å². The minimum atomic E-state index is -1.19. The Bertz CT molecular complexity index is 491. The second-order valence-corrected chi connectivity index (χ2v) is 4.39. The van der Waals surface area contributed by atoms with E-state index in [9.17, 15) is 9.59 Å². The van der Waals surface area contributed by atoms with Crippen molar-refractivity contribution in [3.05, 3.63) is 11.4 Å². The summed E-state index contributed by atoms with van der Waals surface area (Å²) in [6.07, 6.45) is 3.24. The van der Waals surface area contributed by atoms with E-state index in [1.165, 1.54) is 11.8 Å². The van der Waals surface area contributed by atoms with E-state index in [1.54, 1.807) is 0 Å². The first kappa shape index (κ1) is 12.4. The quantitative estimate of drug-likeness (QED) is 0.766. The first-order chi connectivity index (χ1) is 8.54. The summed E-state index contributed by atoms with van der Waals surface area (Å²) in [4.78, 5) is 22.6. The molecule has 0 saturated heterocycles. The van der Waals surface area contributed by atoms with Gasteiger partial charge in [-0.2, -0.15) is 5.10 Å². The fraction of sp³-hybridized carbons (Fsp3) is 0.545. The van der Waals surface area contributed by atoms with Gasteiger partial charge >= 0.3 is 11.9 Å². The van der Waals surface area contributed by atoms with Crippen molar-refractivity contribution in [3.63, 3.8) is 0 Å². The monoisotopic (exact) mass is 253 g/mol. The van der Waals surface area contributed by atoms with Gasteiger partial charge in [0, 0.05) is 6.54 Å². The zero-order chi connectivity index (χ0) is 13.3. The minimum Gasteiger partial charge on any atom is -0.476 e. The topological polar surface area (TPSA) is 107 Å². The van der Waals surface area contributed by atoms with E-state index in [2.05, 4.69) is 9.84 Å². The minimum absolute atomic E-state index is 0.130. The van der Waals surface area contributed by atoms with Crippen LogP contribution in [-0.4, -0.2) is 33.9 Å². The standard InChI is InChI=1S/C11H15N3O4/c1-18-11(17)8-7(12)9(10(15)16)14(13-8)5-6-3-2-4-6/h6H,2-5,12H2,1H3,(H,15,16). The third kappa shape index (κ3) is 2.03. The largest absolute Gasteiger partial charge is 0.476 e. The van der Waals surface area contributed by atoms with Gasteiger partial charge in [-0.15, -0.1) is 0 Å². The summed E-state index contributed by atoms with van der Waals surface area (Å²) in [5.41, 5.74) is 5.25. The number of nitrogen functional groups attached to an aromatic ring is 1. The van der Waals surface area contributed by atoms with Crippen LogP contribution in [0.25, 0.3) is 0 Å². The Morgan fingerprint density at radius 3 is 2.67 bits per heavy atom. The lowest BCUT2D eigenvalue weighted by Gasteiger charge is -2.25. The van der Waals surface area contributed by atoms with Crippen LogP contribution in [0.1, 0.15) is 40.2 Å². The van der Waals surface area contributed by atoms with E-state index in [0.717, 1.165) is 19.3 Å². The SMILES string of the molecule is COC(=O)c1nn(CC2CCC2)c(C(=O)O)c1N. The van der Waals surface area contributed by atoms with Gasteiger partial charge in [-0.25, -0.2) is 9.59 Å². The van der Waals surface area contributed by atoms with Crippen LogP contribution < -0.4 is 5.73 Å². The first-order valence-corrected chi connectivity index (χ1v) is 5.72. The van der Waals surface area contributed by atoms with Crippen LogP contribution in [-0.2, 0) is 11.3 Å². The number of ether oxygens (including phenoxy) is 1. The molecule has 3 N–H and O–H groups in total. The van der Waals surface area contributed by atoms with Gasteiger partial charge in [0.2, 0.25) is 0 Å². The molecular weight excluding hydrogens is 238 g/mol. The highest BCUT2D eigenvalue weighted by Gasteiger charge is 2.28. The Morgan fingerprint density at radius 2 is 2.22 bits per heavy atom. The highest BCUT2D eigenvalue weighted by Crippen LogP contribution is 2.29. The Morgan fingerprint density at radius 1 is 1.56 bits per heavy atom. The van der Waals surface area contributed by atoms with E-state index in [4.69, 9.17) is 10.8 Å². The summed E-state index contributed by atoms with van der Waals surface area (Å²) in [5, 5.41) is 13.1. The van der Waals surface area contributed by atoms with Crippen LogP contribution in [0.5, 0.6) is 0 Å². The number of carbonyl (C=O) groups is 2. The third-order valence-corrected chi connectivity index (χ3v) is 3.23. The molecule has 0 aromatic carbocycles. The van der Waals surface area contributed by atoms with Gasteiger partial charge in [-0.3, -0.25) is 4.68 Å². The van der Waals surface area contributed by atoms with Gasteiger partial charge in [0.05, 0.1) is 7.11 Å². The van der Waals surface area contributed by atoms with Crippen molar-refractivity contribution in [1.82, 2.24) is 9.78 Å². The molecule has 1 fully saturated rings. The van der Waals surface area contributed by atoms with Crippen LogP contribution in [0.2, 0.25) is 0 Å². The first-order valence-electron chi connectivity index (χ1n) is 5.72. The molecule has 0 aliphatic heterocycles. The molecule has 0 bridgehead atoms. The second kappa shape index (κ2) is 4.67. The molecule has 0 radical (unpaired) electrons. The third-order valence-electron chi connectivity index (χ3n) is 3.23. The zero-order valence-electron chi connectivity index (χ0n) is 10.0. The zero-order valence-corrected chi connectivity index (χ0v) is 10.0. The predicted octanol–water partition coefficient (Wildman–Crippen LogP) is 0.750. The highest BCUT2D eigenvalue weighted by atomic mass is 16.5. The van der Waals surface area contributed by atoms with Crippen molar-refractivity contribution in [2.75, 3.05) is 12.8 Å². The Hall–Kier alpha value is -2.05. The number of carbonyl (C=O) groups excluding carboxylic acids is 1. The molecule has 0 unspecified atom stereocenters. The molecule has 1 aliphatic rings. The van der Waals surface area contributed by atoms with Gasteiger partial charge in [-0.1, -0.05) is 6.42 Å². The van der Waals surface area contributed by atoms with Crippen molar-refractivity contribution < 1.29 is 19.4 Å². The molecule has 7 nitrogen and oxygen atoms in total. The molecule has 0 spiro atoms. The maximum absolute atomic E-state index is 11.4. The molecule has 7 heteroatoms. The maximum Gasteiger partial charge on any atom is 0.360 e. The number of hydrogen-bond donors (Lipinski definition) is 2. The lowest BCUT2D eigenvalue weighted by atomic mass is 9.85. The molecule has 1 aliphatic carbocycles. The van der Waals surface area contributed by atoms with Crippen LogP contribution >= 0.6 is 0 Å². The maximum atomic E-state index is 11.4. The number of aromatic nitrogens is 2. The second-order valence-electron chi connectivity index (χ2n) is 4.39. The number of aromatic carboxylic acids is 1. The number of methoxy groups -OCH3 is 1. The molecule has 18 heavy (non-hydrogen) atoms. The number of carboxylic acids is 1. The number of anilines is 1. The molecule has 0 amide bonds. The molecule has 0 atom stereocenters. The normalized spacial score (nSPS) is 15.2. The summed E-state index contributed by atoms with van der Waals surface area (Å²) < 4.78 is 5.82. The van der Waals surface area contributed by atoms with Gasteiger partial charge in [-0.05, 0) is 18.8 Å². The number of nitrogens with zero attached hydrogens (tertiary/aromatic N) is 2.